The van der Waals surface area contributed by atoms with Crippen LogP contribution in [0.5, 0.6) is 11.6 Å². The highest BCUT2D eigenvalue weighted by Crippen LogP contribution is 2.37. The fourth-order valence-electron chi connectivity index (χ4n) is 3.27. The number of carbonyl (C=O) groups excluding carboxylic acids is 1. The molecule has 3 heterocycles. The SMILES string of the molecule is C=C/C(=C\NCC(F)(F)F)N1C(=O)c2ccc(-c3cnc(OC)c(OC)c3)nc2[C@H]1C. The van der Waals surface area contributed by atoms with Gasteiger partial charge in [-0.15, -0.1) is 0 Å². The van der Waals surface area contributed by atoms with Gasteiger partial charge in [0.2, 0.25) is 0 Å². The molecule has 1 atom stereocenters. The van der Waals surface area contributed by atoms with Crippen molar-refractivity contribution in [3.63, 3.8) is 0 Å². The van der Waals surface area contributed by atoms with E-state index < -0.39 is 18.8 Å². The number of nitrogens with zero attached hydrogens (tertiary/aromatic N) is 3. The maximum Gasteiger partial charge on any atom is 0.405 e. The van der Waals surface area contributed by atoms with Crippen LogP contribution in [0.2, 0.25) is 0 Å². The number of amides is 1. The van der Waals surface area contributed by atoms with Crippen LogP contribution in [-0.4, -0.2) is 47.7 Å². The number of ether oxygens (including phenoxy) is 2. The number of hydrogen-bond acceptors (Lipinski definition) is 6. The number of halogens is 3. The quantitative estimate of drug-likeness (QED) is 0.667. The van der Waals surface area contributed by atoms with Crippen molar-refractivity contribution in [2.75, 3.05) is 20.8 Å². The molecule has 0 aliphatic carbocycles. The third kappa shape index (κ3) is 4.47. The van der Waals surface area contributed by atoms with E-state index in [1.807, 2.05) is 0 Å². The van der Waals surface area contributed by atoms with Gasteiger partial charge in [0.25, 0.3) is 11.8 Å². The van der Waals surface area contributed by atoms with E-state index >= 15 is 0 Å². The first-order valence-corrected chi connectivity index (χ1v) is 9.25. The lowest BCUT2D eigenvalue weighted by atomic mass is 10.1. The Kier molecular flexibility index (Phi) is 6.19. The van der Waals surface area contributed by atoms with Crippen LogP contribution in [0.1, 0.15) is 29.0 Å². The molecule has 0 saturated carbocycles. The Hall–Kier alpha value is -3.56. The number of methoxy groups -OCH3 is 2. The van der Waals surface area contributed by atoms with Gasteiger partial charge in [0.15, 0.2) is 5.75 Å². The van der Waals surface area contributed by atoms with Crippen LogP contribution in [0.3, 0.4) is 0 Å². The van der Waals surface area contributed by atoms with E-state index in [9.17, 15) is 18.0 Å². The summed E-state index contributed by atoms with van der Waals surface area (Å²) >= 11 is 0. The number of alkyl halides is 3. The lowest BCUT2D eigenvalue weighted by Crippen LogP contribution is -2.29. The number of rotatable bonds is 7. The molecule has 0 aromatic carbocycles. The second kappa shape index (κ2) is 8.66. The van der Waals surface area contributed by atoms with E-state index in [0.717, 1.165) is 6.20 Å². The third-order valence-corrected chi connectivity index (χ3v) is 4.72. The Morgan fingerprint density at radius 1 is 1.32 bits per heavy atom. The number of hydrogen-bond donors (Lipinski definition) is 1. The maximum absolute atomic E-state index is 12.9. The summed E-state index contributed by atoms with van der Waals surface area (Å²) in [5.74, 6) is 0.391. The molecule has 2 aromatic heterocycles. The number of nitrogens with one attached hydrogen (secondary N) is 1. The van der Waals surface area contributed by atoms with Gasteiger partial charge in [-0.3, -0.25) is 9.69 Å². The van der Waals surface area contributed by atoms with Crippen LogP contribution < -0.4 is 14.8 Å². The van der Waals surface area contributed by atoms with Crippen molar-refractivity contribution >= 4 is 5.91 Å². The smallest absolute Gasteiger partial charge is 0.405 e. The molecule has 10 heteroatoms. The van der Waals surface area contributed by atoms with Gasteiger partial charge in [-0.05, 0) is 31.2 Å². The number of carbonyl (C=O) groups is 1. The largest absolute Gasteiger partial charge is 0.491 e. The normalized spacial score (nSPS) is 16.2. The van der Waals surface area contributed by atoms with Gasteiger partial charge in [0, 0.05) is 18.0 Å². The fraction of sp³-hybridized carbons (Fsp3) is 0.286. The summed E-state index contributed by atoms with van der Waals surface area (Å²) in [6.45, 7) is 4.14. The van der Waals surface area contributed by atoms with Gasteiger partial charge in [0.05, 0.1) is 42.9 Å². The molecule has 3 rings (SSSR count). The average molecular weight is 434 g/mol. The number of pyridine rings is 2. The maximum atomic E-state index is 12.9. The fourth-order valence-corrected chi connectivity index (χ4v) is 3.27. The van der Waals surface area contributed by atoms with Crippen molar-refractivity contribution in [2.45, 2.75) is 19.1 Å². The molecule has 1 aliphatic rings. The summed E-state index contributed by atoms with van der Waals surface area (Å²) in [6, 6.07) is 4.52. The standard InChI is InChI=1S/C21H21F3N4O3/c1-5-14(10-25-11-21(22,23)24)28-12(2)18-15(20(28)29)6-7-16(27-18)13-8-17(30-3)19(31-4)26-9-13/h5-10,12,25H,1,11H2,2-4H3/b14-10+/t12-/m1/s1. The zero-order chi connectivity index (χ0) is 22.8. The Labute approximate surface area is 177 Å². The molecular weight excluding hydrogens is 413 g/mol. The molecule has 7 nitrogen and oxygen atoms in total. The number of aromatic nitrogens is 2. The van der Waals surface area contributed by atoms with Crippen LogP contribution in [0.4, 0.5) is 13.2 Å². The molecule has 0 spiro atoms. The van der Waals surface area contributed by atoms with E-state index in [-0.39, 0.29) is 11.6 Å². The first-order valence-electron chi connectivity index (χ1n) is 9.25. The first-order chi connectivity index (χ1) is 14.7. The molecule has 164 valence electrons. The molecule has 31 heavy (non-hydrogen) atoms. The average Bonchev–Trinajstić information content (AvgIpc) is 2.99. The molecule has 0 saturated heterocycles. The molecule has 2 aromatic rings. The van der Waals surface area contributed by atoms with E-state index in [1.165, 1.54) is 25.2 Å². The zero-order valence-electron chi connectivity index (χ0n) is 17.2. The lowest BCUT2D eigenvalue weighted by molar-refractivity contribution is -0.122. The zero-order valence-corrected chi connectivity index (χ0v) is 17.2. The minimum absolute atomic E-state index is 0.217. The van der Waals surface area contributed by atoms with Crippen molar-refractivity contribution in [2.24, 2.45) is 0 Å². The monoisotopic (exact) mass is 434 g/mol. The Bertz CT molecular complexity index is 1040. The summed E-state index contributed by atoms with van der Waals surface area (Å²) < 4.78 is 47.7. The van der Waals surface area contributed by atoms with Crippen LogP contribution in [0.15, 0.2) is 48.9 Å². The summed E-state index contributed by atoms with van der Waals surface area (Å²) in [5, 5.41) is 2.18. The summed E-state index contributed by atoms with van der Waals surface area (Å²) in [5.41, 5.74) is 2.31. The van der Waals surface area contributed by atoms with Crippen LogP contribution in [0, 0.1) is 0 Å². The van der Waals surface area contributed by atoms with Crippen LogP contribution in [0.25, 0.3) is 11.3 Å². The highest BCUT2D eigenvalue weighted by atomic mass is 19.4. The lowest BCUT2D eigenvalue weighted by Gasteiger charge is -2.23. The topological polar surface area (TPSA) is 76.6 Å². The van der Waals surface area contributed by atoms with E-state index in [4.69, 9.17) is 9.47 Å². The van der Waals surface area contributed by atoms with Crippen molar-refractivity contribution in [3.05, 3.63) is 60.2 Å². The minimum atomic E-state index is -4.38. The Balaban J connectivity index is 1.92. The van der Waals surface area contributed by atoms with Gasteiger partial charge in [-0.2, -0.15) is 13.2 Å². The van der Waals surface area contributed by atoms with Crippen molar-refractivity contribution in [3.8, 4) is 22.9 Å². The molecule has 1 N–H and O–H groups in total. The van der Waals surface area contributed by atoms with E-state index in [1.54, 1.807) is 31.3 Å². The molecule has 0 unspecified atom stereocenters. The van der Waals surface area contributed by atoms with Gasteiger partial charge >= 0.3 is 6.18 Å². The van der Waals surface area contributed by atoms with Gasteiger partial charge in [0.1, 0.15) is 6.54 Å². The highest BCUT2D eigenvalue weighted by Gasteiger charge is 2.37. The Morgan fingerprint density at radius 3 is 2.68 bits per heavy atom. The molecular formula is C21H21F3N4O3. The summed E-state index contributed by atoms with van der Waals surface area (Å²) in [4.78, 5) is 23.1. The van der Waals surface area contributed by atoms with E-state index in [0.29, 0.717) is 34.1 Å². The Morgan fingerprint density at radius 2 is 2.06 bits per heavy atom. The third-order valence-electron chi connectivity index (χ3n) is 4.72. The van der Waals surface area contributed by atoms with Gasteiger partial charge in [-0.25, -0.2) is 9.97 Å². The van der Waals surface area contributed by atoms with Crippen molar-refractivity contribution in [1.29, 1.82) is 0 Å². The van der Waals surface area contributed by atoms with Crippen molar-refractivity contribution in [1.82, 2.24) is 20.2 Å². The molecule has 1 aliphatic heterocycles. The van der Waals surface area contributed by atoms with E-state index in [2.05, 4.69) is 21.9 Å². The molecule has 0 bridgehead atoms. The number of fused-ring (bicyclic) bond motifs is 1. The number of allylic oxidation sites excluding steroid dienone is 1. The second-order valence-electron chi connectivity index (χ2n) is 6.69. The summed E-state index contributed by atoms with van der Waals surface area (Å²) in [7, 11) is 2.97. The first kappa shape index (κ1) is 22.1. The van der Waals surface area contributed by atoms with Gasteiger partial charge in [-0.1, -0.05) is 6.58 Å². The molecule has 0 radical (unpaired) electrons. The van der Waals surface area contributed by atoms with Crippen molar-refractivity contribution < 1.29 is 27.4 Å². The van der Waals surface area contributed by atoms with Crippen LogP contribution in [-0.2, 0) is 0 Å². The predicted molar refractivity (Wildman–Crippen MR) is 107 cm³/mol. The predicted octanol–water partition coefficient (Wildman–Crippen LogP) is 3.86. The second-order valence-corrected chi connectivity index (χ2v) is 6.69. The van der Waals surface area contributed by atoms with Gasteiger partial charge < -0.3 is 14.8 Å². The summed E-state index contributed by atoms with van der Waals surface area (Å²) in [6.07, 6.45) is -0.357. The minimum Gasteiger partial charge on any atom is -0.491 e. The molecule has 0 fully saturated rings. The highest BCUT2D eigenvalue weighted by molar-refractivity contribution is 6.00. The van der Waals surface area contributed by atoms with Crippen LogP contribution >= 0.6 is 0 Å². The molecule has 1 amide bonds.